The SMILES string of the molecule is CCNC(=O)C1CCCN(CC(=O)N2CCN(S(=O)(=O)c3cccc(F)c3)CC2)C1. The lowest BCUT2D eigenvalue weighted by Gasteiger charge is -2.36. The molecule has 0 saturated carbocycles. The largest absolute Gasteiger partial charge is 0.356 e. The van der Waals surface area contributed by atoms with Crippen LogP contribution in [0.4, 0.5) is 4.39 Å². The van der Waals surface area contributed by atoms with E-state index in [2.05, 4.69) is 5.32 Å². The number of benzene rings is 1. The summed E-state index contributed by atoms with van der Waals surface area (Å²) in [7, 11) is -3.78. The van der Waals surface area contributed by atoms with Crippen LogP contribution in [0.2, 0.25) is 0 Å². The molecule has 30 heavy (non-hydrogen) atoms. The Hall–Kier alpha value is -2.04. The molecule has 0 radical (unpaired) electrons. The van der Waals surface area contributed by atoms with E-state index in [-0.39, 0.29) is 42.3 Å². The number of sulfonamides is 1. The molecule has 1 atom stereocenters. The predicted octanol–water partition coefficient (Wildman–Crippen LogP) is 0.507. The Labute approximate surface area is 177 Å². The lowest BCUT2D eigenvalue weighted by atomic mass is 9.97. The number of carbonyl (C=O) groups is 2. The molecule has 166 valence electrons. The highest BCUT2D eigenvalue weighted by atomic mass is 32.2. The minimum atomic E-state index is -3.78. The fourth-order valence-corrected chi connectivity index (χ4v) is 5.43. The summed E-state index contributed by atoms with van der Waals surface area (Å²) in [6.07, 6.45) is 1.70. The van der Waals surface area contributed by atoms with E-state index in [9.17, 15) is 22.4 Å². The number of piperazine rings is 1. The van der Waals surface area contributed by atoms with Crippen LogP contribution < -0.4 is 5.32 Å². The molecule has 1 unspecified atom stereocenters. The van der Waals surface area contributed by atoms with Crippen molar-refractivity contribution in [1.82, 2.24) is 19.4 Å². The maximum Gasteiger partial charge on any atom is 0.243 e. The van der Waals surface area contributed by atoms with E-state index in [0.29, 0.717) is 26.2 Å². The maximum absolute atomic E-state index is 13.4. The minimum Gasteiger partial charge on any atom is -0.356 e. The number of amides is 2. The van der Waals surface area contributed by atoms with Gasteiger partial charge < -0.3 is 10.2 Å². The third kappa shape index (κ3) is 5.35. The summed E-state index contributed by atoms with van der Waals surface area (Å²) in [4.78, 5) is 28.4. The maximum atomic E-state index is 13.4. The number of piperidine rings is 1. The van der Waals surface area contributed by atoms with Gasteiger partial charge in [-0.1, -0.05) is 6.07 Å². The van der Waals surface area contributed by atoms with Gasteiger partial charge in [0.2, 0.25) is 21.8 Å². The van der Waals surface area contributed by atoms with E-state index in [1.165, 1.54) is 22.5 Å². The van der Waals surface area contributed by atoms with E-state index in [1.54, 1.807) is 4.90 Å². The molecule has 2 heterocycles. The third-order valence-electron chi connectivity index (χ3n) is 5.61. The Morgan fingerprint density at radius 1 is 1.17 bits per heavy atom. The van der Waals surface area contributed by atoms with Crippen LogP contribution in [-0.4, -0.2) is 86.7 Å². The minimum absolute atomic E-state index is 0.0332. The first-order valence-electron chi connectivity index (χ1n) is 10.3. The Morgan fingerprint density at radius 3 is 2.57 bits per heavy atom. The molecule has 1 aromatic carbocycles. The van der Waals surface area contributed by atoms with Gasteiger partial charge in [0.05, 0.1) is 17.4 Å². The number of nitrogens with one attached hydrogen (secondary N) is 1. The van der Waals surface area contributed by atoms with E-state index in [4.69, 9.17) is 0 Å². The Balaban J connectivity index is 1.52. The van der Waals surface area contributed by atoms with Crippen molar-refractivity contribution in [1.29, 1.82) is 0 Å². The van der Waals surface area contributed by atoms with E-state index < -0.39 is 15.8 Å². The predicted molar refractivity (Wildman–Crippen MR) is 110 cm³/mol. The molecular weight excluding hydrogens is 411 g/mol. The fraction of sp³-hybridized carbons (Fsp3) is 0.600. The summed E-state index contributed by atoms with van der Waals surface area (Å²) < 4.78 is 40.1. The Bertz CT molecular complexity index is 871. The number of halogens is 1. The second-order valence-electron chi connectivity index (χ2n) is 7.71. The molecule has 8 nitrogen and oxygen atoms in total. The Kier molecular flexibility index (Phi) is 7.43. The lowest BCUT2D eigenvalue weighted by molar-refractivity contribution is -0.135. The second kappa shape index (κ2) is 9.84. The highest BCUT2D eigenvalue weighted by molar-refractivity contribution is 7.89. The van der Waals surface area contributed by atoms with Crippen molar-refractivity contribution in [2.75, 3.05) is 52.4 Å². The molecule has 2 aliphatic rings. The van der Waals surface area contributed by atoms with E-state index in [1.807, 2.05) is 11.8 Å². The summed E-state index contributed by atoms with van der Waals surface area (Å²) in [5.74, 6) is -0.725. The quantitative estimate of drug-likeness (QED) is 0.696. The van der Waals surface area contributed by atoms with Gasteiger partial charge in [-0.15, -0.1) is 0 Å². The van der Waals surface area contributed by atoms with Gasteiger partial charge in [0, 0.05) is 39.3 Å². The molecule has 2 amide bonds. The van der Waals surface area contributed by atoms with Gasteiger partial charge in [-0.2, -0.15) is 4.31 Å². The molecule has 10 heteroatoms. The summed E-state index contributed by atoms with van der Waals surface area (Å²) in [5, 5.41) is 2.84. The van der Waals surface area contributed by atoms with Crippen molar-refractivity contribution in [2.24, 2.45) is 5.92 Å². The van der Waals surface area contributed by atoms with Gasteiger partial charge in [0.1, 0.15) is 5.82 Å². The molecule has 0 spiro atoms. The van der Waals surface area contributed by atoms with Gasteiger partial charge in [0.15, 0.2) is 0 Å². The van der Waals surface area contributed by atoms with Crippen LogP contribution in [0.5, 0.6) is 0 Å². The van der Waals surface area contributed by atoms with Crippen molar-refractivity contribution in [3.63, 3.8) is 0 Å². The monoisotopic (exact) mass is 440 g/mol. The fourth-order valence-electron chi connectivity index (χ4n) is 3.98. The molecule has 3 rings (SSSR count). The van der Waals surface area contributed by atoms with Crippen LogP contribution >= 0.6 is 0 Å². The van der Waals surface area contributed by atoms with Crippen LogP contribution in [0.25, 0.3) is 0 Å². The average Bonchev–Trinajstić information content (AvgIpc) is 2.74. The summed E-state index contributed by atoms with van der Waals surface area (Å²) in [5.41, 5.74) is 0. The van der Waals surface area contributed by atoms with Gasteiger partial charge in [-0.3, -0.25) is 14.5 Å². The number of nitrogens with zero attached hydrogens (tertiary/aromatic N) is 3. The van der Waals surface area contributed by atoms with Crippen molar-refractivity contribution in [3.05, 3.63) is 30.1 Å². The molecule has 2 fully saturated rings. The molecule has 0 bridgehead atoms. The Morgan fingerprint density at radius 2 is 1.90 bits per heavy atom. The van der Waals surface area contributed by atoms with E-state index >= 15 is 0 Å². The van der Waals surface area contributed by atoms with Crippen molar-refractivity contribution in [3.8, 4) is 0 Å². The summed E-state index contributed by atoms with van der Waals surface area (Å²) in [6.45, 7) is 4.97. The number of likely N-dealkylation sites (tertiary alicyclic amines) is 1. The highest BCUT2D eigenvalue weighted by Crippen LogP contribution is 2.20. The molecule has 2 saturated heterocycles. The van der Waals surface area contributed by atoms with Crippen LogP contribution in [-0.2, 0) is 19.6 Å². The zero-order valence-electron chi connectivity index (χ0n) is 17.2. The van der Waals surface area contributed by atoms with Gasteiger partial charge in [-0.05, 0) is 44.5 Å². The normalized spacial score (nSPS) is 21.4. The van der Waals surface area contributed by atoms with Crippen LogP contribution in [0.3, 0.4) is 0 Å². The summed E-state index contributed by atoms with van der Waals surface area (Å²) >= 11 is 0. The van der Waals surface area contributed by atoms with Gasteiger partial charge >= 0.3 is 0 Å². The van der Waals surface area contributed by atoms with E-state index in [0.717, 1.165) is 25.5 Å². The average molecular weight is 441 g/mol. The van der Waals surface area contributed by atoms with Crippen molar-refractivity contribution in [2.45, 2.75) is 24.7 Å². The third-order valence-corrected chi connectivity index (χ3v) is 7.51. The van der Waals surface area contributed by atoms with Crippen molar-refractivity contribution >= 4 is 21.8 Å². The highest BCUT2D eigenvalue weighted by Gasteiger charge is 2.32. The number of carbonyl (C=O) groups excluding carboxylic acids is 2. The van der Waals surface area contributed by atoms with Crippen LogP contribution in [0, 0.1) is 11.7 Å². The number of rotatable bonds is 6. The summed E-state index contributed by atoms with van der Waals surface area (Å²) in [6, 6.07) is 4.95. The number of hydrogen-bond donors (Lipinski definition) is 1. The molecular formula is C20H29FN4O4S. The smallest absolute Gasteiger partial charge is 0.243 e. The first-order valence-corrected chi connectivity index (χ1v) is 11.8. The topological polar surface area (TPSA) is 90.0 Å². The lowest BCUT2D eigenvalue weighted by Crippen LogP contribution is -2.53. The van der Waals surface area contributed by atoms with Crippen LogP contribution in [0.1, 0.15) is 19.8 Å². The van der Waals surface area contributed by atoms with Crippen LogP contribution in [0.15, 0.2) is 29.2 Å². The second-order valence-corrected chi connectivity index (χ2v) is 9.65. The van der Waals surface area contributed by atoms with Crippen molar-refractivity contribution < 1.29 is 22.4 Å². The van der Waals surface area contributed by atoms with Gasteiger partial charge in [0.25, 0.3) is 0 Å². The molecule has 2 aliphatic heterocycles. The van der Waals surface area contributed by atoms with Gasteiger partial charge in [-0.25, -0.2) is 12.8 Å². The molecule has 1 N–H and O–H groups in total. The first kappa shape index (κ1) is 22.6. The molecule has 1 aromatic rings. The zero-order chi connectivity index (χ0) is 21.7. The number of hydrogen-bond acceptors (Lipinski definition) is 5. The standard InChI is InChI=1S/C20H29FN4O4S/c1-2-22-20(27)16-5-4-8-23(14-16)15-19(26)24-9-11-25(12-10-24)30(28,29)18-7-3-6-17(21)13-18/h3,6-7,13,16H,2,4-5,8-12,14-15H2,1H3,(H,22,27). The molecule has 0 aliphatic carbocycles. The molecule has 0 aromatic heterocycles. The zero-order valence-corrected chi connectivity index (χ0v) is 18.0. The first-order chi connectivity index (χ1) is 14.3.